The maximum absolute atomic E-state index is 13.4. The van der Waals surface area contributed by atoms with Gasteiger partial charge in [0.05, 0.1) is 32.2 Å². The lowest BCUT2D eigenvalue weighted by atomic mass is 10.1. The minimum atomic E-state index is -0.418. The second-order valence-electron chi connectivity index (χ2n) is 7.12. The molecule has 2 saturated heterocycles. The van der Waals surface area contributed by atoms with Crippen molar-refractivity contribution in [1.29, 1.82) is 0 Å². The molecule has 1 amide bonds. The average Bonchev–Trinajstić information content (AvgIpc) is 3.35. The largest absolute Gasteiger partial charge is 0.442 e. The van der Waals surface area contributed by atoms with E-state index in [0.717, 1.165) is 12.1 Å². The summed E-state index contributed by atoms with van der Waals surface area (Å²) in [5, 5.41) is 5.92. The van der Waals surface area contributed by atoms with Crippen molar-refractivity contribution in [3.63, 3.8) is 0 Å². The highest BCUT2D eigenvalue weighted by Gasteiger charge is 2.29. The zero-order valence-electron chi connectivity index (χ0n) is 16.0. The van der Waals surface area contributed by atoms with Crippen LogP contribution < -0.4 is 10.6 Å². The normalized spacial score (nSPS) is 19.4. The van der Waals surface area contributed by atoms with E-state index in [2.05, 4.69) is 20.6 Å². The van der Waals surface area contributed by atoms with Gasteiger partial charge in [-0.1, -0.05) is 0 Å². The number of hydrogen-bond acceptors (Lipinski definition) is 7. The number of nitrogens with zero attached hydrogens (tertiary/aromatic N) is 3. The number of amides is 1. The number of carbonyl (C=O) groups excluding carboxylic acids is 1. The molecule has 2 fully saturated rings. The van der Waals surface area contributed by atoms with E-state index >= 15 is 0 Å². The van der Waals surface area contributed by atoms with Crippen molar-refractivity contribution in [1.82, 2.24) is 25.2 Å². The number of hydrogen-bond donors (Lipinski definition) is 2. The summed E-state index contributed by atoms with van der Waals surface area (Å²) in [6, 6.07) is 6.13. The van der Waals surface area contributed by atoms with E-state index in [-0.39, 0.29) is 29.4 Å². The Morgan fingerprint density at radius 2 is 2.10 bits per heavy atom. The van der Waals surface area contributed by atoms with Crippen LogP contribution in [0.1, 0.15) is 16.5 Å². The Morgan fingerprint density at radius 3 is 2.80 bits per heavy atom. The molecule has 1 unspecified atom stereocenters. The fourth-order valence-corrected chi connectivity index (χ4v) is 3.42. The zero-order valence-corrected chi connectivity index (χ0v) is 16.0. The highest BCUT2D eigenvalue weighted by atomic mass is 19.1. The Kier molecular flexibility index (Phi) is 5.03. The second-order valence-corrected chi connectivity index (χ2v) is 7.12. The van der Waals surface area contributed by atoms with E-state index in [4.69, 9.17) is 13.9 Å². The molecule has 30 heavy (non-hydrogen) atoms. The lowest BCUT2D eigenvalue weighted by Gasteiger charge is -2.28. The van der Waals surface area contributed by atoms with Crippen LogP contribution in [0.5, 0.6) is 0 Å². The monoisotopic (exact) mass is 413 g/mol. The first-order chi connectivity index (χ1) is 14.7. The van der Waals surface area contributed by atoms with Gasteiger partial charge in [0.1, 0.15) is 29.7 Å². The molecular formula is C20H20FN5O4. The summed E-state index contributed by atoms with van der Waals surface area (Å²) in [4.78, 5) is 21.4. The van der Waals surface area contributed by atoms with Crippen molar-refractivity contribution in [2.45, 2.75) is 12.3 Å². The van der Waals surface area contributed by atoms with E-state index in [1.165, 1.54) is 18.4 Å². The summed E-state index contributed by atoms with van der Waals surface area (Å²) in [6.45, 7) is 2.90. The number of oxazole rings is 1. The van der Waals surface area contributed by atoms with Gasteiger partial charge in [0, 0.05) is 18.7 Å². The van der Waals surface area contributed by atoms with E-state index in [1.54, 1.807) is 18.5 Å². The highest BCUT2D eigenvalue weighted by Crippen LogP contribution is 2.34. The lowest BCUT2D eigenvalue weighted by Crippen LogP contribution is -2.49. The van der Waals surface area contributed by atoms with Gasteiger partial charge in [-0.25, -0.2) is 14.4 Å². The SMILES string of the molecule is O=C(NC1CNCCO1)c1coc(-c2c(-c3ccc(F)cc3)ncn2C2COC2)n1. The van der Waals surface area contributed by atoms with Crippen LogP contribution in [0.2, 0.25) is 0 Å². The summed E-state index contributed by atoms with van der Waals surface area (Å²) < 4.78 is 31.8. The molecule has 9 nitrogen and oxygen atoms in total. The summed E-state index contributed by atoms with van der Waals surface area (Å²) in [7, 11) is 0. The van der Waals surface area contributed by atoms with Gasteiger partial charge >= 0.3 is 0 Å². The first kappa shape index (κ1) is 18.9. The maximum Gasteiger partial charge on any atom is 0.275 e. The first-order valence-corrected chi connectivity index (χ1v) is 9.68. The van der Waals surface area contributed by atoms with Crippen molar-refractivity contribution in [2.75, 3.05) is 32.9 Å². The Morgan fingerprint density at radius 1 is 1.27 bits per heavy atom. The van der Waals surface area contributed by atoms with Crippen molar-refractivity contribution >= 4 is 5.91 Å². The maximum atomic E-state index is 13.4. The standard InChI is InChI=1S/C20H20FN5O4/c21-13-3-1-12(2-4-13)17-18(26(11-23-17)14-8-28-9-14)20-24-15(10-30-20)19(27)25-16-7-22-5-6-29-16/h1-4,10-11,14,16,22H,5-9H2,(H,25,27). The molecule has 0 bridgehead atoms. The third kappa shape index (κ3) is 3.60. The molecule has 5 rings (SSSR count). The molecule has 2 aromatic heterocycles. The van der Waals surface area contributed by atoms with Crippen molar-refractivity contribution < 1.29 is 23.1 Å². The number of carbonyl (C=O) groups is 1. The van der Waals surface area contributed by atoms with Gasteiger partial charge in [-0.15, -0.1) is 0 Å². The quantitative estimate of drug-likeness (QED) is 0.655. The predicted octanol–water partition coefficient (Wildman–Crippen LogP) is 1.59. The van der Waals surface area contributed by atoms with Crippen molar-refractivity contribution in [2.24, 2.45) is 0 Å². The Balaban J connectivity index is 1.46. The molecule has 2 N–H and O–H groups in total. The van der Waals surface area contributed by atoms with Crippen LogP contribution >= 0.6 is 0 Å². The number of halogens is 1. The van der Waals surface area contributed by atoms with Crippen LogP contribution in [-0.4, -0.2) is 59.6 Å². The number of ether oxygens (including phenoxy) is 2. The van der Waals surface area contributed by atoms with E-state index in [1.807, 2.05) is 4.57 Å². The van der Waals surface area contributed by atoms with Gasteiger partial charge in [-0.2, -0.15) is 0 Å². The van der Waals surface area contributed by atoms with Crippen LogP contribution in [0.4, 0.5) is 4.39 Å². The molecule has 0 spiro atoms. The average molecular weight is 413 g/mol. The number of morpholine rings is 1. The Hall–Kier alpha value is -3.08. The van der Waals surface area contributed by atoms with E-state index in [0.29, 0.717) is 37.8 Å². The molecule has 0 radical (unpaired) electrons. The predicted molar refractivity (Wildman–Crippen MR) is 103 cm³/mol. The number of nitrogens with one attached hydrogen (secondary N) is 2. The van der Waals surface area contributed by atoms with Crippen LogP contribution in [0.25, 0.3) is 22.8 Å². The summed E-state index contributed by atoms with van der Waals surface area (Å²) in [6.07, 6.45) is 2.58. The molecule has 0 aliphatic carbocycles. The summed E-state index contributed by atoms with van der Waals surface area (Å²) in [5.74, 6) is -0.465. The summed E-state index contributed by atoms with van der Waals surface area (Å²) in [5.41, 5.74) is 2.07. The van der Waals surface area contributed by atoms with Gasteiger partial charge in [0.15, 0.2) is 5.69 Å². The van der Waals surface area contributed by atoms with Crippen LogP contribution in [-0.2, 0) is 9.47 Å². The topological polar surface area (TPSA) is 103 Å². The van der Waals surface area contributed by atoms with Crippen LogP contribution in [0.15, 0.2) is 41.3 Å². The van der Waals surface area contributed by atoms with Gasteiger partial charge in [-0.3, -0.25) is 4.79 Å². The first-order valence-electron chi connectivity index (χ1n) is 9.68. The van der Waals surface area contributed by atoms with Gasteiger partial charge < -0.3 is 29.1 Å². The van der Waals surface area contributed by atoms with E-state index < -0.39 is 6.23 Å². The van der Waals surface area contributed by atoms with Crippen molar-refractivity contribution in [3.8, 4) is 22.8 Å². The minimum Gasteiger partial charge on any atom is -0.442 e. The molecule has 4 heterocycles. The number of aromatic nitrogens is 3. The number of benzene rings is 1. The fraction of sp³-hybridized carbons (Fsp3) is 0.350. The molecule has 2 aliphatic rings. The van der Waals surface area contributed by atoms with Crippen LogP contribution in [0, 0.1) is 5.82 Å². The third-order valence-corrected chi connectivity index (χ3v) is 5.08. The molecule has 10 heteroatoms. The van der Waals surface area contributed by atoms with Gasteiger partial charge in [0.25, 0.3) is 5.91 Å². The fourth-order valence-electron chi connectivity index (χ4n) is 3.42. The molecular weight excluding hydrogens is 393 g/mol. The van der Waals surface area contributed by atoms with Crippen LogP contribution in [0.3, 0.4) is 0 Å². The van der Waals surface area contributed by atoms with Gasteiger partial charge in [0.2, 0.25) is 5.89 Å². The number of rotatable bonds is 5. The molecule has 2 aliphatic heterocycles. The molecule has 1 aromatic carbocycles. The molecule has 156 valence electrons. The number of imidazole rings is 1. The Labute approximate surface area is 171 Å². The third-order valence-electron chi connectivity index (χ3n) is 5.08. The highest BCUT2D eigenvalue weighted by molar-refractivity contribution is 5.92. The molecule has 0 saturated carbocycles. The second kappa shape index (κ2) is 7.98. The Bertz CT molecular complexity index is 1040. The molecule has 3 aromatic rings. The van der Waals surface area contributed by atoms with Gasteiger partial charge in [-0.05, 0) is 24.3 Å². The lowest BCUT2D eigenvalue weighted by molar-refractivity contribution is -0.0228. The zero-order chi connectivity index (χ0) is 20.5. The van der Waals surface area contributed by atoms with E-state index in [9.17, 15) is 9.18 Å². The molecule has 1 atom stereocenters. The minimum absolute atomic E-state index is 0.0904. The smallest absolute Gasteiger partial charge is 0.275 e. The summed E-state index contributed by atoms with van der Waals surface area (Å²) >= 11 is 0. The van der Waals surface area contributed by atoms with Crippen molar-refractivity contribution in [3.05, 3.63) is 48.4 Å².